The van der Waals surface area contributed by atoms with Gasteiger partial charge in [-0.2, -0.15) is 0 Å². The molecule has 97 heavy (non-hydrogen) atoms. The Bertz CT molecular complexity index is 2860. The molecule has 0 radical (unpaired) electrons. The highest BCUT2D eigenvalue weighted by atomic mass is 16.8. The number of ether oxygens (including phenoxy) is 12. The zero-order chi connectivity index (χ0) is 71.5. The lowest BCUT2D eigenvalue weighted by molar-refractivity contribution is -0.412. The summed E-state index contributed by atoms with van der Waals surface area (Å²) >= 11 is 0. The first-order valence-corrected chi connectivity index (χ1v) is 34.1. The summed E-state index contributed by atoms with van der Waals surface area (Å²) in [5, 5.41) is 167. The van der Waals surface area contributed by atoms with Crippen LogP contribution in [0.2, 0.25) is 0 Å². The molecule has 5 saturated heterocycles. The Balaban J connectivity index is 0.987. The van der Waals surface area contributed by atoms with E-state index in [2.05, 4.69) is 40.7 Å². The van der Waals surface area contributed by atoms with E-state index in [-0.39, 0.29) is 29.6 Å². The van der Waals surface area contributed by atoms with Gasteiger partial charge in [-0.25, -0.2) is 9.59 Å². The van der Waals surface area contributed by atoms with Gasteiger partial charge in [0.2, 0.25) is 0 Å². The van der Waals surface area contributed by atoms with E-state index in [1.54, 1.807) is 19.9 Å². The van der Waals surface area contributed by atoms with Crippen LogP contribution in [0.3, 0.4) is 0 Å². The molecule has 0 spiro atoms. The second kappa shape index (κ2) is 28.5. The number of carboxylic acids is 1. The first kappa shape index (κ1) is 76.6. The molecule has 554 valence electrons. The SMILES string of the molecule is C/C=C(/C)C(=O)O[C@@H]1CC(C)(C)C[C@H]2C3=CC[C@@H]4[C@@]5(C)CC[C@H](O[C@@H]6O[C@H](C(=O)O)[C@@H](O)[C@H](O[C@@H]7O[C@H](CO)[C@H](O)[C@H](O)[C@H]7O[C@@H]7O[C@@H](C)[C@H](O)[C@@H](O)[C@H]7O[C@@H]7O[C@@H](C)[C@H](O)[C@@H](O)[C@H]7O)[C@H]6O[C@@H]6O[C@H](CO)[C@H](O)[C@H](O)[C@H]6O)C(C)(C)[C@@H]5CC[C@@]4(C)[C@]3(C)C[C@@H](OC(C)=O)[C@@]12CO. The van der Waals surface area contributed by atoms with E-state index in [1.807, 2.05) is 13.8 Å². The summed E-state index contributed by atoms with van der Waals surface area (Å²) in [6.45, 7) is 20.2. The van der Waals surface area contributed by atoms with Crippen LogP contribution in [0.5, 0.6) is 0 Å². The molecule has 0 bridgehead atoms. The van der Waals surface area contributed by atoms with Crippen molar-refractivity contribution in [2.24, 2.45) is 50.2 Å². The molecule has 9 fully saturated rings. The minimum atomic E-state index is -2.35. The van der Waals surface area contributed by atoms with Crippen LogP contribution in [-0.2, 0) is 71.2 Å². The Morgan fingerprint density at radius 2 is 1.04 bits per heavy atom. The van der Waals surface area contributed by atoms with E-state index in [4.69, 9.17) is 56.8 Å². The number of carbonyl (C=O) groups excluding carboxylic acids is 2. The van der Waals surface area contributed by atoms with Crippen LogP contribution in [-0.4, -0.2) is 286 Å². The van der Waals surface area contributed by atoms with Gasteiger partial charge < -0.3 is 133 Å². The number of esters is 2. The van der Waals surface area contributed by atoms with Gasteiger partial charge in [0.15, 0.2) is 37.6 Å². The Labute approximate surface area is 563 Å². The second-order valence-corrected chi connectivity index (χ2v) is 31.3. The second-order valence-electron chi connectivity index (χ2n) is 31.3. The van der Waals surface area contributed by atoms with E-state index < -0.39 is 237 Å². The summed E-state index contributed by atoms with van der Waals surface area (Å²) in [6.07, 6.45) is -42.4. The molecular weight excluding hydrogens is 1280 g/mol. The van der Waals surface area contributed by atoms with Crippen molar-refractivity contribution in [1.82, 2.24) is 0 Å². The van der Waals surface area contributed by atoms with Crippen molar-refractivity contribution < 1.29 is 148 Å². The number of rotatable bonds is 17. The minimum Gasteiger partial charge on any atom is -0.479 e. The molecule has 0 unspecified atom stereocenters. The highest BCUT2D eigenvalue weighted by Crippen LogP contribution is 2.76. The van der Waals surface area contributed by atoms with Crippen LogP contribution < -0.4 is 0 Å². The standard InChI is InChI=1S/C67H106O30/c1-13-26(2)56(85)91-37-21-62(6,7)20-31-30-14-15-35-64(10)18-17-36(63(8,9)34(64)16-19-65(35,11)66(30,12)22-38(88-29(5)71)67(31,37)25-70)92-61-54(97-58-48(81)44(77)41(74)32(23-68)89-58)50(49(82)51(94-61)55(83)84)93-60-53(46(79)42(75)33(24-69)90-60)96-59-52(45(78)40(73)28(4)87-59)95-57-47(80)43(76)39(72)27(3)86-57/h13-14,27-28,31-54,57-61,68-70,72-82H,15-25H2,1-12H3,(H,83,84)/b26-13-/t27-,28-,31-,32+,33+,34-,35+,36-,37+,38+,39-,40-,41-,42-,43+,44-,45+,46-,47+,48+,49-,50-,51-,52+,53+,54+,57-,58-,59-,60-,61+,64-,65+,66+,67+/m0/s1. The fourth-order valence-corrected chi connectivity index (χ4v) is 19.0. The number of aliphatic hydroxyl groups is 14. The third-order valence-electron chi connectivity index (χ3n) is 24.8. The van der Waals surface area contributed by atoms with Crippen LogP contribution in [0.4, 0.5) is 0 Å². The highest BCUT2D eigenvalue weighted by Gasteiger charge is 2.73. The maximum absolute atomic E-state index is 13.7. The van der Waals surface area contributed by atoms with Gasteiger partial charge in [0.25, 0.3) is 0 Å². The average molecular weight is 1390 g/mol. The van der Waals surface area contributed by atoms with Gasteiger partial charge in [0, 0.05) is 12.5 Å². The molecule has 0 aromatic rings. The van der Waals surface area contributed by atoms with Gasteiger partial charge in [-0.15, -0.1) is 0 Å². The third-order valence-corrected chi connectivity index (χ3v) is 24.8. The van der Waals surface area contributed by atoms with Crippen LogP contribution >= 0.6 is 0 Å². The zero-order valence-corrected chi connectivity index (χ0v) is 57.2. The van der Waals surface area contributed by atoms with Gasteiger partial charge in [-0.1, -0.05) is 66.2 Å². The Morgan fingerprint density at radius 3 is 1.63 bits per heavy atom. The molecule has 30 heteroatoms. The van der Waals surface area contributed by atoms with Gasteiger partial charge in [0.05, 0.1) is 43.5 Å². The van der Waals surface area contributed by atoms with E-state index in [0.29, 0.717) is 50.5 Å². The monoisotopic (exact) mass is 1390 g/mol. The van der Waals surface area contributed by atoms with Crippen molar-refractivity contribution in [2.45, 2.75) is 306 Å². The zero-order valence-electron chi connectivity index (χ0n) is 57.2. The first-order chi connectivity index (χ1) is 45.3. The lowest BCUT2D eigenvalue weighted by atomic mass is 9.33. The smallest absolute Gasteiger partial charge is 0.335 e. The molecule has 0 amide bonds. The summed E-state index contributed by atoms with van der Waals surface area (Å²) in [6, 6.07) is 0. The Kier molecular flexibility index (Phi) is 22.5. The van der Waals surface area contributed by atoms with E-state index in [0.717, 1.165) is 5.57 Å². The van der Waals surface area contributed by atoms with E-state index in [9.17, 15) is 91.0 Å². The van der Waals surface area contributed by atoms with Gasteiger partial charge >= 0.3 is 17.9 Å². The number of carbonyl (C=O) groups is 3. The number of aliphatic carboxylic acids is 1. The van der Waals surface area contributed by atoms with Crippen molar-refractivity contribution in [1.29, 1.82) is 0 Å². The number of fused-ring (bicyclic) bond motifs is 7. The molecule has 10 rings (SSSR count). The predicted octanol–water partition coefficient (Wildman–Crippen LogP) is -1.56. The quantitative estimate of drug-likeness (QED) is 0.0339. The molecule has 30 nitrogen and oxygen atoms in total. The van der Waals surface area contributed by atoms with E-state index in [1.165, 1.54) is 20.8 Å². The van der Waals surface area contributed by atoms with Crippen LogP contribution in [0.25, 0.3) is 0 Å². The normalized spacial score (nSPS) is 51.3. The maximum atomic E-state index is 13.7. The van der Waals surface area contributed by atoms with Gasteiger partial charge in [-0.3, -0.25) is 4.79 Å². The first-order valence-electron chi connectivity index (χ1n) is 34.1. The predicted molar refractivity (Wildman–Crippen MR) is 329 cm³/mol. The van der Waals surface area contributed by atoms with Crippen LogP contribution in [0, 0.1) is 50.2 Å². The number of hydrogen-bond acceptors (Lipinski definition) is 29. The summed E-state index contributed by atoms with van der Waals surface area (Å²) in [7, 11) is 0. The van der Waals surface area contributed by atoms with Crippen molar-refractivity contribution in [3.8, 4) is 0 Å². The fraction of sp³-hybridized carbons (Fsp3) is 0.896. The third kappa shape index (κ3) is 13.2. The molecule has 0 aromatic heterocycles. The van der Waals surface area contributed by atoms with Gasteiger partial charge in [0.1, 0.15) is 116 Å². The summed E-state index contributed by atoms with van der Waals surface area (Å²) in [5.41, 5.74) is -2.40. The molecule has 4 saturated carbocycles. The van der Waals surface area contributed by atoms with Gasteiger partial charge in [-0.05, 0) is 124 Å². The van der Waals surface area contributed by atoms with Crippen molar-refractivity contribution in [3.05, 3.63) is 23.3 Å². The average Bonchev–Trinajstić information content (AvgIpc) is 0.669. The summed E-state index contributed by atoms with van der Waals surface area (Å²) in [5.74, 6) is -3.34. The lowest BCUT2D eigenvalue weighted by Gasteiger charge is -2.72. The summed E-state index contributed by atoms with van der Waals surface area (Å²) < 4.78 is 74.7. The molecule has 10 aliphatic rings. The largest absolute Gasteiger partial charge is 0.479 e. The van der Waals surface area contributed by atoms with Crippen LogP contribution in [0.15, 0.2) is 23.3 Å². The fourth-order valence-electron chi connectivity index (χ4n) is 19.0. The lowest BCUT2D eigenvalue weighted by Crippen LogP contribution is -2.70. The minimum absolute atomic E-state index is 0.0233. The number of allylic oxidation sites excluding steroid dienone is 3. The molecule has 5 aliphatic carbocycles. The topological polar surface area (TPSA) is 465 Å². The molecule has 5 aliphatic heterocycles. The number of aliphatic hydroxyl groups excluding tert-OH is 14. The molecule has 15 N–H and O–H groups in total. The maximum Gasteiger partial charge on any atom is 0.335 e. The highest BCUT2D eigenvalue weighted by molar-refractivity contribution is 5.87. The van der Waals surface area contributed by atoms with Crippen LogP contribution in [0.1, 0.15) is 134 Å². The molecule has 5 heterocycles. The summed E-state index contributed by atoms with van der Waals surface area (Å²) in [4.78, 5) is 40.5. The van der Waals surface area contributed by atoms with E-state index >= 15 is 0 Å². The number of hydrogen-bond donors (Lipinski definition) is 15. The molecule has 35 atom stereocenters. The number of carboxylic acid groups (broad SMARTS) is 1. The van der Waals surface area contributed by atoms with Crippen molar-refractivity contribution in [2.75, 3.05) is 19.8 Å². The van der Waals surface area contributed by atoms with Crippen molar-refractivity contribution in [3.63, 3.8) is 0 Å². The molecule has 0 aromatic carbocycles. The van der Waals surface area contributed by atoms with Crippen molar-refractivity contribution >= 4 is 17.9 Å². The molecular formula is C67H106O30. The Hall–Kier alpha value is -3.07. The Morgan fingerprint density at radius 1 is 0.536 bits per heavy atom.